The highest BCUT2D eigenvalue weighted by atomic mass is 35.5. The third-order valence-electron chi connectivity index (χ3n) is 4.13. The van der Waals surface area contributed by atoms with Gasteiger partial charge in [0.05, 0.1) is 11.4 Å². The molecule has 0 atom stereocenters. The Kier molecular flexibility index (Phi) is 3.25. The molecule has 1 aliphatic carbocycles. The van der Waals surface area contributed by atoms with Crippen molar-refractivity contribution in [3.63, 3.8) is 0 Å². The number of rotatable bonds is 2. The van der Waals surface area contributed by atoms with Crippen molar-refractivity contribution in [2.75, 3.05) is 0 Å². The number of thiazole rings is 1. The molecule has 0 bridgehead atoms. The number of benzene rings is 1. The number of nitrogens with two attached hydrogens (primary N) is 1. The number of aryl methyl sites for hydroxylation is 2. The molecule has 0 aliphatic heterocycles. The number of halogens is 1. The summed E-state index contributed by atoms with van der Waals surface area (Å²) in [5.41, 5.74) is 10.7. The van der Waals surface area contributed by atoms with Crippen molar-refractivity contribution in [2.45, 2.75) is 32.2 Å². The fourth-order valence-corrected chi connectivity index (χ4v) is 4.48. The maximum atomic E-state index is 6.04. The number of nitrogens with zero attached hydrogens (tertiary/aromatic N) is 2. The summed E-state index contributed by atoms with van der Waals surface area (Å²) in [6, 6.07) is 7.83. The van der Waals surface area contributed by atoms with Gasteiger partial charge in [-0.05, 0) is 37.8 Å². The van der Waals surface area contributed by atoms with Gasteiger partial charge in [-0.1, -0.05) is 23.7 Å². The fraction of sp³-hybridized carbons (Fsp3) is 0.312. The van der Waals surface area contributed by atoms with Crippen LogP contribution in [0.3, 0.4) is 0 Å². The Hall–Kier alpha value is -1.36. The van der Waals surface area contributed by atoms with E-state index in [9.17, 15) is 0 Å². The Balaban J connectivity index is 1.94. The fourth-order valence-electron chi connectivity index (χ4n) is 3.12. The van der Waals surface area contributed by atoms with E-state index in [1.54, 1.807) is 0 Å². The largest absolute Gasteiger partial charge is 0.325 e. The zero-order chi connectivity index (χ0) is 14.4. The first-order chi connectivity index (χ1) is 10.3. The molecule has 2 heterocycles. The molecule has 0 unspecified atom stereocenters. The van der Waals surface area contributed by atoms with E-state index in [2.05, 4.69) is 4.40 Å². The van der Waals surface area contributed by atoms with Crippen molar-refractivity contribution in [1.29, 1.82) is 0 Å². The summed E-state index contributed by atoms with van der Waals surface area (Å²) in [5.74, 6) is 0. The van der Waals surface area contributed by atoms with E-state index in [4.69, 9.17) is 22.3 Å². The van der Waals surface area contributed by atoms with Crippen LogP contribution >= 0.6 is 22.9 Å². The molecule has 21 heavy (non-hydrogen) atoms. The van der Waals surface area contributed by atoms with Crippen LogP contribution in [0.15, 0.2) is 24.3 Å². The van der Waals surface area contributed by atoms with Crippen molar-refractivity contribution < 1.29 is 0 Å². The number of aromatic nitrogens is 2. The van der Waals surface area contributed by atoms with Crippen molar-refractivity contribution in [2.24, 2.45) is 5.73 Å². The molecule has 3 nitrogen and oxygen atoms in total. The van der Waals surface area contributed by atoms with E-state index in [1.165, 1.54) is 29.8 Å². The van der Waals surface area contributed by atoms with Gasteiger partial charge >= 0.3 is 0 Å². The summed E-state index contributed by atoms with van der Waals surface area (Å²) in [6.07, 6.45) is 4.87. The summed E-state index contributed by atoms with van der Waals surface area (Å²) < 4.78 is 2.29. The van der Waals surface area contributed by atoms with Crippen molar-refractivity contribution in [3.8, 4) is 11.3 Å². The minimum absolute atomic E-state index is 0.502. The Morgan fingerprint density at radius 2 is 1.95 bits per heavy atom. The summed E-state index contributed by atoms with van der Waals surface area (Å²) in [6.45, 7) is 0.502. The highest BCUT2D eigenvalue weighted by molar-refractivity contribution is 7.17. The summed E-state index contributed by atoms with van der Waals surface area (Å²) >= 11 is 7.80. The minimum Gasteiger partial charge on any atom is -0.325 e. The predicted molar refractivity (Wildman–Crippen MR) is 88.0 cm³/mol. The molecular weight excluding hydrogens is 302 g/mol. The second-order valence-corrected chi connectivity index (χ2v) is 6.91. The lowest BCUT2D eigenvalue weighted by atomic mass is 10.0. The predicted octanol–water partition coefficient (Wildman–Crippen LogP) is 4.05. The second kappa shape index (κ2) is 5.13. The molecular formula is C16H16ClN3S. The number of fused-ring (bicyclic) bond motifs is 3. The van der Waals surface area contributed by atoms with E-state index in [1.807, 2.05) is 35.6 Å². The highest BCUT2D eigenvalue weighted by Gasteiger charge is 2.22. The smallest absolute Gasteiger partial charge is 0.194 e. The molecule has 108 valence electrons. The van der Waals surface area contributed by atoms with E-state index >= 15 is 0 Å². The number of hydrogen-bond donors (Lipinski definition) is 1. The van der Waals surface area contributed by atoms with Crippen LogP contribution in [-0.4, -0.2) is 9.38 Å². The standard InChI is InChI=1S/C16H16ClN3S/c17-11-7-5-10(6-8-11)15-13(9-18)20-12-3-1-2-4-14(12)21-16(20)19-15/h5-8H,1-4,9,18H2. The molecule has 0 amide bonds. The van der Waals surface area contributed by atoms with Crippen molar-refractivity contribution in [3.05, 3.63) is 45.6 Å². The lowest BCUT2D eigenvalue weighted by molar-refractivity contribution is 0.670. The van der Waals surface area contributed by atoms with Gasteiger partial charge in [0.15, 0.2) is 4.96 Å². The van der Waals surface area contributed by atoms with Gasteiger partial charge in [0, 0.05) is 27.7 Å². The van der Waals surface area contributed by atoms with Gasteiger partial charge in [0.25, 0.3) is 0 Å². The van der Waals surface area contributed by atoms with Gasteiger partial charge in [-0.2, -0.15) is 0 Å². The number of imidazole rings is 1. The Morgan fingerprint density at radius 3 is 2.71 bits per heavy atom. The van der Waals surface area contributed by atoms with Crippen LogP contribution in [-0.2, 0) is 19.4 Å². The van der Waals surface area contributed by atoms with E-state index < -0.39 is 0 Å². The Morgan fingerprint density at radius 1 is 1.19 bits per heavy atom. The lowest BCUT2D eigenvalue weighted by Crippen LogP contribution is -2.08. The Bertz CT molecular complexity index is 801. The average Bonchev–Trinajstić information content (AvgIpc) is 3.03. The van der Waals surface area contributed by atoms with E-state index in [-0.39, 0.29) is 0 Å². The van der Waals surface area contributed by atoms with Crippen molar-refractivity contribution >= 4 is 27.9 Å². The van der Waals surface area contributed by atoms with E-state index in [0.29, 0.717) is 6.54 Å². The first-order valence-corrected chi connectivity index (χ1v) is 8.45. The van der Waals surface area contributed by atoms with Crippen LogP contribution in [0, 0.1) is 0 Å². The van der Waals surface area contributed by atoms with Crippen LogP contribution in [0.5, 0.6) is 0 Å². The molecule has 0 fully saturated rings. The minimum atomic E-state index is 0.502. The van der Waals surface area contributed by atoms with Gasteiger partial charge in [0.2, 0.25) is 0 Å². The maximum Gasteiger partial charge on any atom is 0.194 e. The van der Waals surface area contributed by atoms with Crippen LogP contribution in [0.25, 0.3) is 16.2 Å². The normalized spacial score (nSPS) is 14.6. The topological polar surface area (TPSA) is 43.3 Å². The summed E-state index contributed by atoms with van der Waals surface area (Å²) in [4.78, 5) is 7.41. The molecule has 0 spiro atoms. The van der Waals surface area contributed by atoms with Gasteiger partial charge in [-0.3, -0.25) is 4.40 Å². The van der Waals surface area contributed by atoms with Gasteiger partial charge < -0.3 is 5.73 Å². The molecule has 1 aromatic carbocycles. The highest BCUT2D eigenvalue weighted by Crippen LogP contribution is 2.35. The van der Waals surface area contributed by atoms with Crippen LogP contribution < -0.4 is 5.73 Å². The van der Waals surface area contributed by atoms with Crippen molar-refractivity contribution in [1.82, 2.24) is 9.38 Å². The quantitative estimate of drug-likeness (QED) is 0.774. The third kappa shape index (κ3) is 2.09. The SMILES string of the molecule is NCc1c(-c2ccc(Cl)cc2)nc2sc3c(n12)CCCC3. The van der Waals surface area contributed by atoms with Gasteiger partial charge in [0.1, 0.15) is 0 Å². The molecule has 1 aliphatic rings. The molecule has 0 saturated heterocycles. The number of hydrogen-bond acceptors (Lipinski definition) is 3. The van der Waals surface area contributed by atoms with E-state index in [0.717, 1.165) is 33.4 Å². The van der Waals surface area contributed by atoms with Gasteiger partial charge in [-0.25, -0.2) is 4.98 Å². The zero-order valence-corrected chi connectivity index (χ0v) is 13.2. The van der Waals surface area contributed by atoms with Gasteiger partial charge in [-0.15, -0.1) is 11.3 Å². The molecule has 0 radical (unpaired) electrons. The van der Waals surface area contributed by atoms with Crippen LogP contribution in [0.4, 0.5) is 0 Å². The molecule has 3 aromatic rings. The monoisotopic (exact) mass is 317 g/mol. The molecule has 0 saturated carbocycles. The Labute approximate surface area is 132 Å². The first kappa shape index (κ1) is 13.3. The third-order valence-corrected chi connectivity index (χ3v) is 5.52. The maximum absolute atomic E-state index is 6.04. The summed E-state index contributed by atoms with van der Waals surface area (Å²) in [5, 5.41) is 0.742. The molecule has 2 N–H and O–H groups in total. The molecule has 4 rings (SSSR count). The zero-order valence-electron chi connectivity index (χ0n) is 11.6. The lowest BCUT2D eigenvalue weighted by Gasteiger charge is -2.12. The second-order valence-electron chi connectivity index (χ2n) is 5.42. The first-order valence-electron chi connectivity index (χ1n) is 7.26. The van der Waals surface area contributed by atoms with Crippen LogP contribution in [0.1, 0.15) is 29.1 Å². The van der Waals surface area contributed by atoms with Crippen LogP contribution in [0.2, 0.25) is 5.02 Å². The molecule has 2 aromatic heterocycles. The molecule has 5 heteroatoms. The summed E-state index contributed by atoms with van der Waals surface area (Å²) in [7, 11) is 0. The average molecular weight is 318 g/mol.